The Hall–Kier alpha value is -1.02. The van der Waals surface area contributed by atoms with Crippen LogP contribution in [0.1, 0.15) is 57.9 Å². The van der Waals surface area contributed by atoms with Crippen molar-refractivity contribution in [1.29, 1.82) is 0 Å². The van der Waals surface area contributed by atoms with Crippen molar-refractivity contribution in [2.75, 3.05) is 6.61 Å². The van der Waals surface area contributed by atoms with E-state index in [0.29, 0.717) is 5.75 Å². The van der Waals surface area contributed by atoms with Crippen LogP contribution in [0.2, 0.25) is 0 Å². The second-order valence-electron chi connectivity index (χ2n) is 5.28. The lowest BCUT2D eigenvalue weighted by atomic mass is 10.1. The van der Waals surface area contributed by atoms with E-state index < -0.39 is 0 Å². The van der Waals surface area contributed by atoms with Crippen molar-refractivity contribution in [2.24, 2.45) is 0 Å². The van der Waals surface area contributed by atoms with Gasteiger partial charge in [-0.25, -0.2) is 0 Å². The van der Waals surface area contributed by atoms with Crippen molar-refractivity contribution in [1.82, 2.24) is 0 Å². The third-order valence-electron chi connectivity index (χ3n) is 3.40. The average molecular weight is 264 g/mol. The maximum atomic E-state index is 9.70. The minimum atomic E-state index is 0.170. The third kappa shape index (κ3) is 7.22. The summed E-state index contributed by atoms with van der Waals surface area (Å²) in [6.07, 6.45) is 8.69. The monoisotopic (exact) mass is 264 g/mol. The van der Waals surface area contributed by atoms with Gasteiger partial charge in [-0.15, -0.1) is 0 Å². The number of benzene rings is 1. The van der Waals surface area contributed by atoms with Crippen LogP contribution in [0, 0.1) is 0 Å². The Morgan fingerprint density at radius 1 is 1.05 bits per heavy atom. The molecule has 0 fully saturated rings. The highest BCUT2D eigenvalue weighted by molar-refractivity contribution is 5.32. The van der Waals surface area contributed by atoms with Gasteiger partial charge < -0.3 is 9.84 Å². The standard InChI is InChI=1S/C17H28O2/c1-3-4-5-6-7-10-13-19-15(2)14-16-11-8-9-12-17(16)18/h8-9,11-12,15,18H,3-7,10,13-14H2,1-2H3. The second-order valence-corrected chi connectivity index (χ2v) is 5.28. The Morgan fingerprint density at radius 3 is 2.47 bits per heavy atom. The first kappa shape index (κ1) is 16.0. The Kier molecular flexibility index (Phi) is 8.31. The van der Waals surface area contributed by atoms with E-state index in [1.54, 1.807) is 6.07 Å². The molecule has 0 amide bonds. The molecule has 0 aliphatic rings. The van der Waals surface area contributed by atoms with Gasteiger partial charge in [-0.1, -0.05) is 57.2 Å². The summed E-state index contributed by atoms with van der Waals surface area (Å²) in [5.41, 5.74) is 0.970. The molecule has 2 heteroatoms. The fraction of sp³-hybridized carbons (Fsp3) is 0.647. The number of phenolic OH excluding ortho intramolecular Hbond substituents is 1. The third-order valence-corrected chi connectivity index (χ3v) is 3.40. The maximum absolute atomic E-state index is 9.70. The topological polar surface area (TPSA) is 29.5 Å². The van der Waals surface area contributed by atoms with Crippen LogP contribution in [0.25, 0.3) is 0 Å². The predicted molar refractivity (Wildman–Crippen MR) is 80.6 cm³/mol. The fourth-order valence-corrected chi connectivity index (χ4v) is 2.22. The van der Waals surface area contributed by atoms with E-state index in [-0.39, 0.29) is 6.10 Å². The van der Waals surface area contributed by atoms with Crippen LogP contribution < -0.4 is 0 Å². The van der Waals surface area contributed by atoms with Gasteiger partial charge in [0, 0.05) is 13.0 Å². The Balaban J connectivity index is 2.08. The number of hydrogen-bond donors (Lipinski definition) is 1. The molecule has 1 aromatic carbocycles. The molecule has 1 atom stereocenters. The highest BCUT2D eigenvalue weighted by atomic mass is 16.5. The number of aromatic hydroxyl groups is 1. The Bertz CT molecular complexity index is 336. The van der Waals surface area contributed by atoms with Crippen molar-refractivity contribution in [3.05, 3.63) is 29.8 Å². The zero-order valence-corrected chi connectivity index (χ0v) is 12.4. The van der Waals surface area contributed by atoms with E-state index in [4.69, 9.17) is 4.74 Å². The molecule has 0 aliphatic heterocycles. The van der Waals surface area contributed by atoms with Crippen LogP contribution in [0.3, 0.4) is 0 Å². The summed E-state index contributed by atoms with van der Waals surface area (Å²) < 4.78 is 5.80. The molecule has 1 unspecified atom stereocenters. The highest BCUT2D eigenvalue weighted by Crippen LogP contribution is 2.18. The van der Waals surface area contributed by atoms with Crippen molar-refractivity contribution in [3.8, 4) is 5.75 Å². The molecule has 0 bridgehead atoms. The molecule has 108 valence electrons. The van der Waals surface area contributed by atoms with E-state index in [1.165, 1.54) is 32.1 Å². The minimum Gasteiger partial charge on any atom is -0.508 e. The predicted octanol–water partition coefficient (Wildman–Crippen LogP) is 4.70. The molecule has 2 nitrogen and oxygen atoms in total. The van der Waals surface area contributed by atoms with Gasteiger partial charge >= 0.3 is 0 Å². The summed E-state index contributed by atoms with van der Waals surface area (Å²) in [5.74, 6) is 0.373. The first-order chi connectivity index (χ1) is 9.24. The molecule has 0 spiro atoms. The van der Waals surface area contributed by atoms with Gasteiger partial charge in [0.1, 0.15) is 5.75 Å². The van der Waals surface area contributed by atoms with Crippen molar-refractivity contribution >= 4 is 0 Å². The normalized spacial score (nSPS) is 12.5. The Morgan fingerprint density at radius 2 is 1.74 bits per heavy atom. The summed E-state index contributed by atoms with van der Waals surface area (Å²) in [6.45, 7) is 5.15. The molecule has 0 heterocycles. The van der Waals surface area contributed by atoms with Gasteiger partial charge in [-0.3, -0.25) is 0 Å². The lowest BCUT2D eigenvalue weighted by Gasteiger charge is -2.14. The fourth-order valence-electron chi connectivity index (χ4n) is 2.22. The van der Waals surface area contributed by atoms with Gasteiger partial charge in [0.05, 0.1) is 6.10 Å². The molecule has 1 N–H and O–H groups in total. The SMILES string of the molecule is CCCCCCCCOC(C)Cc1ccccc1O. The summed E-state index contributed by atoms with van der Waals surface area (Å²) >= 11 is 0. The lowest BCUT2D eigenvalue weighted by Crippen LogP contribution is -2.12. The number of unbranched alkanes of at least 4 members (excludes halogenated alkanes) is 5. The summed E-state index contributed by atoms with van der Waals surface area (Å²) in [6, 6.07) is 7.49. The van der Waals surface area contributed by atoms with Crippen LogP contribution >= 0.6 is 0 Å². The molecule has 0 saturated carbocycles. The number of rotatable bonds is 10. The van der Waals surface area contributed by atoms with Crippen LogP contribution in [0.5, 0.6) is 5.75 Å². The quantitative estimate of drug-likeness (QED) is 0.621. The van der Waals surface area contributed by atoms with Gasteiger partial charge in [0.2, 0.25) is 0 Å². The number of phenols is 1. The summed E-state index contributed by atoms with van der Waals surface area (Å²) in [4.78, 5) is 0. The van der Waals surface area contributed by atoms with Crippen LogP contribution in [-0.2, 0) is 11.2 Å². The van der Waals surface area contributed by atoms with E-state index in [2.05, 4.69) is 13.8 Å². The molecule has 0 saturated heterocycles. The van der Waals surface area contributed by atoms with Crippen LogP contribution in [-0.4, -0.2) is 17.8 Å². The molecular weight excluding hydrogens is 236 g/mol. The highest BCUT2D eigenvalue weighted by Gasteiger charge is 2.06. The van der Waals surface area contributed by atoms with Crippen molar-refractivity contribution < 1.29 is 9.84 Å². The smallest absolute Gasteiger partial charge is 0.118 e. The molecule has 0 aromatic heterocycles. The van der Waals surface area contributed by atoms with Gasteiger partial charge in [-0.2, -0.15) is 0 Å². The Labute approximate surface area is 117 Å². The van der Waals surface area contributed by atoms with E-state index in [1.807, 2.05) is 18.2 Å². The van der Waals surface area contributed by atoms with Gasteiger partial charge in [-0.05, 0) is 25.0 Å². The molecule has 1 rings (SSSR count). The van der Waals surface area contributed by atoms with Crippen LogP contribution in [0.4, 0.5) is 0 Å². The van der Waals surface area contributed by atoms with E-state index in [0.717, 1.165) is 25.0 Å². The van der Waals surface area contributed by atoms with Gasteiger partial charge in [0.25, 0.3) is 0 Å². The molecular formula is C17H28O2. The maximum Gasteiger partial charge on any atom is 0.118 e. The summed E-state index contributed by atoms with van der Waals surface area (Å²) in [7, 11) is 0. The number of hydrogen-bond acceptors (Lipinski definition) is 2. The number of para-hydroxylation sites is 1. The first-order valence-corrected chi connectivity index (χ1v) is 7.62. The largest absolute Gasteiger partial charge is 0.508 e. The average Bonchev–Trinajstić information content (AvgIpc) is 2.40. The molecule has 19 heavy (non-hydrogen) atoms. The van der Waals surface area contributed by atoms with Gasteiger partial charge in [0.15, 0.2) is 0 Å². The van der Waals surface area contributed by atoms with Crippen molar-refractivity contribution in [3.63, 3.8) is 0 Å². The molecule has 1 aromatic rings. The zero-order valence-electron chi connectivity index (χ0n) is 12.4. The first-order valence-electron chi connectivity index (χ1n) is 7.62. The number of ether oxygens (including phenoxy) is 1. The van der Waals surface area contributed by atoms with E-state index in [9.17, 15) is 5.11 Å². The second kappa shape index (κ2) is 9.85. The van der Waals surface area contributed by atoms with Crippen LogP contribution in [0.15, 0.2) is 24.3 Å². The minimum absolute atomic E-state index is 0.170. The molecule has 0 radical (unpaired) electrons. The molecule has 0 aliphatic carbocycles. The van der Waals surface area contributed by atoms with Crippen molar-refractivity contribution in [2.45, 2.75) is 64.9 Å². The van der Waals surface area contributed by atoms with E-state index >= 15 is 0 Å². The zero-order chi connectivity index (χ0) is 13.9. The summed E-state index contributed by atoms with van der Waals surface area (Å²) in [5, 5.41) is 9.70. The lowest BCUT2D eigenvalue weighted by molar-refractivity contribution is 0.0631.